The maximum absolute atomic E-state index is 13.5. The van der Waals surface area contributed by atoms with Crippen molar-refractivity contribution in [2.75, 3.05) is 24.6 Å². The van der Waals surface area contributed by atoms with Gasteiger partial charge in [-0.2, -0.15) is 18.2 Å². The molecule has 174 valence electrons. The van der Waals surface area contributed by atoms with Crippen LogP contribution in [0.3, 0.4) is 0 Å². The highest BCUT2D eigenvalue weighted by atomic mass is 32.3. The van der Waals surface area contributed by atoms with Gasteiger partial charge in [-0.15, -0.1) is 5.10 Å². The molecule has 1 N–H and O–H groups in total. The van der Waals surface area contributed by atoms with Gasteiger partial charge in [-0.05, 0) is 67.9 Å². The third-order valence-corrected chi connectivity index (χ3v) is 7.03. The maximum Gasteiger partial charge on any atom is 0.372 e. The topological polar surface area (TPSA) is 84.4 Å². The summed E-state index contributed by atoms with van der Waals surface area (Å²) in [6, 6.07) is 9.86. The number of hydrogen-bond donors (Lipinski definition) is 1. The summed E-state index contributed by atoms with van der Waals surface area (Å²) in [4.78, 5) is 2.02. The Morgan fingerprint density at radius 1 is 1.12 bits per heavy atom. The number of hydrogen-bond acceptors (Lipinski definition) is 6. The Hall–Kier alpha value is -2.17. The van der Waals surface area contributed by atoms with Gasteiger partial charge in [0.05, 0.1) is 12.7 Å². The van der Waals surface area contributed by atoms with Crippen molar-refractivity contribution < 1.29 is 21.4 Å². The van der Waals surface area contributed by atoms with Crippen LogP contribution < -0.4 is 9.62 Å². The first kappa shape index (κ1) is 23.0. The smallest absolute Gasteiger partial charge is 0.372 e. The molecule has 1 aliphatic carbocycles. The molecule has 4 rings (SSSR count). The summed E-state index contributed by atoms with van der Waals surface area (Å²) in [7, 11) is -4.81. The summed E-state index contributed by atoms with van der Waals surface area (Å²) in [6.07, 6.45) is 5.60. The van der Waals surface area contributed by atoms with E-state index in [1.54, 1.807) is 24.4 Å². The van der Waals surface area contributed by atoms with Gasteiger partial charge in [0, 0.05) is 31.2 Å². The van der Waals surface area contributed by atoms with Crippen LogP contribution in [0.25, 0.3) is 0 Å². The van der Waals surface area contributed by atoms with Gasteiger partial charge in [0.2, 0.25) is 0 Å². The molecule has 0 amide bonds. The Balaban J connectivity index is 1.34. The van der Waals surface area contributed by atoms with Crippen LogP contribution in [0.1, 0.15) is 43.6 Å². The SMILES string of the molecule is O=S(=O)(F)N[C@H]1CCN(c2cccnn2)C[C@H]1COC1CCC(c2cccc(F)c2)CC1. The molecule has 0 unspecified atom stereocenters. The normalized spacial score (nSPS) is 26.8. The first-order chi connectivity index (χ1) is 15.4. The molecular weight excluding hydrogens is 438 g/mol. The van der Waals surface area contributed by atoms with Crippen LogP contribution in [0.15, 0.2) is 42.6 Å². The van der Waals surface area contributed by atoms with Gasteiger partial charge in [0.25, 0.3) is 0 Å². The molecule has 7 nitrogen and oxygen atoms in total. The minimum atomic E-state index is -4.81. The van der Waals surface area contributed by atoms with Crippen molar-refractivity contribution in [1.29, 1.82) is 0 Å². The molecule has 0 bridgehead atoms. The zero-order chi connectivity index (χ0) is 22.6. The molecular formula is C22H28F2N4O3S. The fraction of sp³-hybridized carbons (Fsp3) is 0.545. The Bertz CT molecular complexity index is 988. The highest BCUT2D eigenvalue weighted by Crippen LogP contribution is 2.34. The first-order valence-corrected chi connectivity index (χ1v) is 12.4. The van der Waals surface area contributed by atoms with E-state index in [1.807, 2.05) is 17.0 Å². The van der Waals surface area contributed by atoms with E-state index in [9.17, 15) is 16.7 Å². The van der Waals surface area contributed by atoms with Crippen LogP contribution in [0, 0.1) is 11.7 Å². The molecule has 2 aromatic rings. The van der Waals surface area contributed by atoms with E-state index in [1.165, 1.54) is 6.07 Å². The summed E-state index contributed by atoms with van der Waals surface area (Å²) < 4.78 is 57.6. The fourth-order valence-corrected chi connectivity index (χ4v) is 5.46. The van der Waals surface area contributed by atoms with Crippen molar-refractivity contribution in [2.45, 2.75) is 50.2 Å². The predicted octanol–water partition coefficient (Wildman–Crippen LogP) is 3.36. The second-order valence-electron chi connectivity index (χ2n) is 8.60. The molecule has 0 spiro atoms. The van der Waals surface area contributed by atoms with Crippen LogP contribution in [0.4, 0.5) is 14.1 Å². The van der Waals surface area contributed by atoms with E-state index < -0.39 is 16.5 Å². The summed E-state index contributed by atoms with van der Waals surface area (Å²) in [6.45, 7) is 1.35. The fourth-order valence-electron chi connectivity index (χ4n) is 4.79. The highest BCUT2D eigenvalue weighted by Gasteiger charge is 2.34. The van der Waals surface area contributed by atoms with Crippen LogP contribution in [-0.2, 0) is 15.1 Å². The number of nitrogens with zero attached hydrogens (tertiary/aromatic N) is 3. The number of anilines is 1. The molecule has 1 aromatic carbocycles. The third kappa shape index (κ3) is 6.20. The van der Waals surface area contributed by atoms with Gasteiger partial charge in [-0.3, -0.25) is 0 Å². The summed E-state index contributed by atoms with van der Waals surface area (Å²) in [5, 5.41) is 8.03. The average Bonchev–Trinajstić information content (AvgIpc) is 2.78. The molecule has 1 aromatic heterocycles. The molecule has 2 aliphatic rings. The van der Waals surface area contributed by atoms with E-state index in [2.05, 4.69) is 14.9 Å². The number of rotatable bonds is 7. The van der Waals surface area contributed by atoms with E-state index in [4.69, 9.17) is 4.74 Å². The van der Waals surface area contributed by atoms with E-state index in [-0.39, 0.29) is 17.8 Å². The summed E-state index contributed by atoms with van der Waals surface area (Å²) >= 11 is 0. The number of benzene rings is 1. The zero-order valence-electron chi connectivity index (χ0n) is 17.7. The summed E-state index contributed by atoms with van der Waals surface area (Å²) in [5.74, 6) is 0.581. The number of piperidine rings is 1. The van der Waals surface area contributed by atoms with Crippen LogP contribution >= 0.6 is 0 Å². The second-order valence-corrected chi connectivity index (χ2v) is 9.71. The van der Waals surface area contributed by atoms with Crippen molar-refractivity contribution in [3.63, 3.8) is 0 Å². The van der Waals surface area contributed by atoms with Crippen molar-refractivity contribution in [2.24, 2.45) is 5.92 Å². The molecule has 1 saturated carbocycles. The number of ether oxygens (including phenoxy) is 1. The van der Waals surface area contributed by atoms with E-state index >= 15 is 0 Å². The largest absolute Gasteiger partial charge is 0.378 e. The molecule has 10 heteroatoms. The Morgan fingerprint density at radius 2 is 1.94 bits per heavy atom. The van der Waals surface area contributed by atoms with Gasteiger partial charge < -0.3 is 9.64 Å². The number of halogens is 2. The van der Waals surface area contributed by atoms with Crippen molar-refractivity contribution in [3.05, 3.63) is 54.0 Å². The van der Waals surface area contributed by atoms with E-state index in [0.29, 0.717) is 37.9 Å². The van der Waals surface area contributed by atoms with Gasteiger partial charge in [0.15, 0.2) is 5.82 Å². The second kappa shape index (κ2) is 10.2. The van der Waals surface area contributed by atoms with Gasteiger partial charge in [0.1, 0.15) is 5.82 Å². The third-order valence-electron chi connectivity index (χ3n) is 6.45. The Kier molecular flexibility index (Phi) is 7.32. The van der Waals surface area contributed by atoms with E-state index in [0.717, 1.165) is 31.2 Å². The molecule has 32 heavy (non-hydrogen) atoms. The monoisotopic (exact) mass is 466 g/mol. The molecule has 1 saturated heterocycles. The minimum Gasteiger partial charge on any atom is -0.378 e. The predicted molar refractivity (Wildman–Crippen MR) is 117 cm³/mol. The lowest BCUT2D eigenvalue weighted by molar-refractivity contribution is -0.00224. The van der Waals surface area contributed by atoms with Gasteiger partial charge in [-0.1, -0.05) is 16.0 Å². The average molecular weight is 467 g/mol. The first-order valence-electron chi connectivity index (χ1n) is 11.0. The molecule has 2 fully saturated rings. The lowest BCUT2D eigenvalue weighted by Gasteiger charge is -2.39. The lowest BCUT2D eigenvalue weighted by Crippen LogP contribution is -2.52. The quantitative estimate of drug-likeness (QED) is 0.630. The highest BCUT2D eigenvalue weighted by molar-refractivity contribution is 7.84. The van der Waals surface area contributed by atoms with Gasteiger partial charge in [-0.25, -0.2) is 4.39 Å². The van der Waals surface area contributed by atoms with Crippen molar-refractivity contribution in [3.8, 4) is 0 Å². The van der Waals surface area contributed by atoms with Crippen LogP contribution in [-0.4, -0.2) is 50.5 Å². The zero-order valence-corrected chi connectivity index (χ0v) is 18.6. The standard InChI is InChI=1S/C22H28F2N4O3S/c23-19-4-1-3-17(13-19)16-6-8-20(9-7-16)31-15-18-14-28(22-5-2-11-25-26-22)12-10-21(18)27-32(24,29)30/h1-5,11,13,16,18,20-21,27H,6-10,12,14-15H2/t16?,18-,20?,21-/m0/s1. The van der Waals surface area contributed by atoms with Crippen molar-refractivity contribution >= 4 is 16.2 Å². The van der Waals surface area contributed by atoms with Gasteiger partial charge >= 0.3 is 10.4 Å². The molecule has 2 heterocycles. The molecule has 1 aliphatic heterocycles. The lowest BCUT2D eigenvalue weighted by atomic mass is 9.82. The Labute approximate surface area is 187 Å². The Morgan fingerprint density at radius 3 is 2.62 bits per heavy atom. The van der Waals surface area contributed by atoms with Crippen molar-refractivity contribution in [1.82, 2.24) is 14.9 Å². The van der Waals surface area contributed by atoms with Crippen LogP contribution in [0.2, 0.25) is 0 Å². The van der Waals surface area contributed by atoms with Crippen LogP contribution in [0.5, 0.6) is 0 Å². The molecule has 2 atom stereocenters. The maximum atomic E-state index is 13.5. The number of nitrogens with one attached hydrogen (secondary N) is 1. The summed E-state index contributed by atoms with van der Waals surface area (Å²) in [5.41, 5.74) is 1.02. The number of aromatic nitrogens is 2. The molecule has 0 radical (unpaired) electrons. The minimum absolute atomic E-state index is 0.0503.